The standard InChI is InChI=1S/C29H28ClN5O/c1-5-29(21-15-32-35-26(21)33-24-14-28(3,4)34-27(36)25(24)29)18-8-6-7-17(12-18)19-9-10-31-23-13-22(30)16(2)11-20(19)23/h6-13,15,26,33H,5,14H2,1-4H3,(H,34,36)/t26?,29-/m1/s1. The molecule has 3 aliphatic heterocycles. The number of hydrogen-bond acceptors (Lipinski definition) is 5. The van der Waals surface area contributed by atoms with Gasteiger partial charge in [0.15, 0.2) is 6.17 Å². The van der Waals surface area contributed by atoms with E-state index in [1.807, 2.05) is 31.5 Å². The molecule has 6 rings (SSSR count). The summed E-state index contributed by atoms with van der Waals surface area (Å²) in [4.78, 5) is 18.2. The highest BCUT2D eigenvalue weighted by Crippen LogP contribution is 2.51. The number of aryl methyl sites for hydroxylation is 1. The molecule has 0 saturated heterocycles. The third-order valence-electron chi connectivity index (χ3n) is 7.72. The van der Waals surface area contributed by atoms with Crippen LogP contribution in [0.5, 0.6) is 0 Å². The highest BCUT2D eigenvalue weighted by atomic mass is 35.5. The van der Waals surface area contributed by atoms with Crippen molar-refractivity contribution in [1.29, 1.82) is 0 Å². The Morgan fingerprint density at radius 1 is 1.17 bits per heavy atom. The maximum Gasteiger partial charge on any atom is 0.250 e. The molecule has 2 aromatic carbocycles. The molecule has 1 unspecified atom stereocenters. The van der Waals surface area contributed by atoms with Crippen LogP contribution in [0.15, 0.2) is 81.9 Å². The molecule has 2 atom stereocenters. The fourth-order valence-electron chi connectivity index (χ4n) is 6.09. The van der Waals surface area contributed by atoms with Crippen molar-refractivity contribution in [3.8, 4) is 11.1 Å². The molecule has 7 heteroatoms. The smallest absolute Gasteiger partial charge is 0.250 e. The second kappa shape index (κ2) is 8.00. The fraction of sp³-hybridized carbons (Fsp3) is 0.310. The molecule has 1 aromatic heterocycles. The number of fused-ring (bicyclic) bond motifs is 2. The molecule has 4 heterocycles. The van der Waals surface area contributed by atoms with Gasteiger partial charge in [0.2, 0.25) is 0 Å². The van der Waals surface area contributed by atoms with Crippen molar-refractivity contribution in [1.82, 2.24) is 15.6 Å². The lowest BCUT2D eigenvalue weighted by Gasteiger charge is -2.48. The van der Waals surface area contributed by atoms with Crippen molar-refractivity contribution in [3.05, 3.63) is 87.9 Å². The van der Waals surface area contributed by atoms with Gasteiger partial charge in [0.05, 0.1) is 22.7 Å². The number of rotatable bonds is 3. The van der Waals surface area contributed by atoms with Gasteiger partial charge in [-0.2, -0.15) is 10.2 Å². The Hall–Kier alpha value is -3.51. The van der Waals surface area contributed by atoms with Crippen LogP contribution in [-0.4, -0.2) is 22.6 Å². The molecule has 3 aliphatic rings. The van der Waals surface area contributed by atoms with Crippen LogP contribution in [0.25, 0.3) is 22.0 Å². The van der Waals surface area contributed by atoms with Gasteiger partial charge < -0.3 is 10.6 Å². The van der Waals surface area contributed by atoms with Gasteiger partial charge in [-0.1, -0.05) is 36.7 Å². The molecule has 182 valence electrons. The highest BCUT2D eigenvalue weighted by Gasteiger charge is 2.53. The first kappa shape index (κ1) is 22.9. The largest absolute Gasteiger partial charge is 0.362 e. The molecule has 2 N–H and O–H groups in total. The van der Waals surface area contributed by atoms with E-state index in [9.17, 15) is 4.79 Å². The number of pyridine rings is 1. The maximum absolute atomic E-state index is 13.7. The average Bonchev–Trinajstić information content (AvgIpc) is 3.31. The molecule has 0 bridgehead atoms. The number of azo groups is 1. The monoisotopic (exact) mass is 497 g/mol. The molecule has 0 aliphatic carbocycles. The van der Waals surface area contributed by atoms with Gasteiger partial charge in [0.1, 0.15) is 0 Å². The first-order valence-electron chi connectivity index (χ1n) is 12.3. The van der Waals surface area contributed by atoms with Gasteiger partial charge >= 0.3 is 0 Å². The third-order valence-corrected chi connectivity index (χ3v) is 8.13. The van der Waals surface area contributed by atoms with Crippen molar-refractivity contribution >= 4 is 28.4 Å². The van der Waals surface area contributed by atoms with E-state index < -0.39 is 5.41 Å². The van der Waals surface area contributed by atoms with E-state index in [1.54, 1.807) is 0 Å². The van der Waals surface area contributed by atoms with Gasteiger partial charge in [0.25, 0.3) is 5.91 Å². The van der Waals surface area contributed by atoms with Crippen molar-refractivity contribution in [2.45, 2.75) is 57.7 Å². The molecule has 0 saturated carbocycles. The lowest BCUT2D eigenvalue weighted by atomic mass is 9.62. The van der Waals surface area contributed by atoms with E-state index in [1.165, 1.54) is 0 Å². The molecular weight excluding hydrogens is 470 g/mol. The highest BCUT2D eigenvalue weighted by molar-refractivity contribution is 6.32. The van der Waals surface area contributed by atoms with Crippen LogP contribution >= 0.6 is 11.6 Å². The van der Waals surface area contributed by atoms with Gasteiger partial charge in [-0.25, -0.2) is 0 Å². The van der Waals surface area contributed by atoms with Crippen LogP contribution in [0, 0.1) is 6.92 Å². The SMILES string of the molecule is CC[C@@]1(c2cccc(-c3ccnc4cc(Cl)c(C)cc34)c2)C2=CN=NC2NC2=C1C(=O)NC(C)(C)C2. The first-order chi connectivity index (χ1) is 17.2. The summed E-state index contributed by atoms with van der Waals surface area (Å²) in [5, 5.41) is 17.2. The van der Waals surface area contributed by atoms with E-state index >= 15 is 0 Å². The van der Waals surface area contributed by atoms with E-state index in [4.69, 9.17) is 11.6 Å². The number of amides is 1. The van der Waals surface area contributed by atoms with Crippen molar-refractivity contribution in [2.75, 3.05) is 0 Å². The van der Waals surface area contributed by atoms with E-state index in [-0.39, 0.29) is 17.6 Å². The zero-order valence-electron chi connectivity index (χ0n) is 20.8. The normalized spacial score (nSPS) is 24.2. The van der Waals surface area contributed by atoms with Crippen LogP contribution in [0.4, 0.5) is 0 Å². The van der Waals surface area contributed by atoms with Crippen LogP contribution in [0.1, 0.15) is 44.7 Å². The predicted octanol–water partition coefficient (Wildman–Crippen LogP) is 6.34. The quantitative estimate of drug-likeness (QED) is 0.443. The van der Waals surface area contributed by atoms with Gasteiger partial charge in [0, 0.05) is 39.8 Å². The summed E-state index contributed by atoms with van der Waals surface area (Å²) < 4.78 is 0. The van der Waals surface area contributed by atoms with Crippen LogP contribution in [0.2, 0.25) is 5.02 Å². The van der Waals surface area contributed by atoms with Gasteiger partial charge in [-0.3, -0.25) is 9.78 Å². The number of carbonyl (C=O) groups excluding carboxylic acids is 1. The Labute approximate surface area is 215 Å². The van der Waals surface area contributed by atoms with Crippen molar-refractivity contribution < 1.29 is 4.79 Å². The predicted molar refractivity (Wildman–Crippen MR) is 143 cm³/mol. The lowest BCUT2D eigenvalue weighted by molar-refractivity contribution is -0.120. The molecule has 1 amide bonds. The van der Waals surface area contributed by atoms with Crippen LogP contribution < -0.4 is 10.6 Å². The first-order valence-corrected chi connectivity index (χ1v) is 12.7. The summed E-state index contributed by atoms with van der Waals surface area (Å²) in [6, 6.07) is 14.6. The van der Waals surface area contributed by atoms with Crippen LogP contribution in [-0.2, 0) is 10.2 Å². The number of aromatic nitrogens is 1. The van der Waals surface area contributed by atoms with Crippen molar-refractivity contribution in [2.24, 2.45) is 10.2 Å². The zero-order chi connectivity index (χ0) is 25.2. The molecular formula is C29H28ClN5O. The van der Waals surface area contributed by atoms with Crippen LogP contribution in [0.3, 0.4) is 0 Å². The lowest BCUT2D eigenvalue weighted by Crippen LogP contribution is -2.58. The topological polar surface area (TPSA) is 78.7 Å². The maximum atomic E-state index is 13.7. The molecule has 3 aromatic rings. The molecule has 0 spiro atoms. The zero-order valence-corrected chi connectivity index (χ0v) is 21.6. The Morgan fingerprint density at radius 2 is 2.00 bits per heavy atom. The Morgan fingerprint density at radius 3 is 2.81 bits per heavy atom. The number of carbonyl (C=O) groups is 1. The Kier molecular flexibility index (Phi) is 5.09. The minimum absolute atomic E-state index is 0.0353. The molecule has 0 fully saturated rings. The summed E-state index contributed by atoms with van der Waals surface area (Å²) in [5.74, 6) is -0.0353. The Bertz CT molecular complexity index is 1540. The molecule has 6 nitrogen and oxygen atoms in total. The molecule has 0 radical (unpaired) electrons. The van der Waals surface area contributed by atoms with Gasteiger partial charge in [-0.15, -0.1) is 0 Å². The summed E-state index contributed by atoms with van der Waals surface area (Å²) in [6.45, 7) is 8.25. The second-order valence-corrected chi connectivity index (χ2v) is 11.0. The van der Waals surface area contributed by atoms with E-state index in [0.29, 0.717) is 17.9 Å². The van der Waals surface area contributed by atoms with E-state index in [2.05, 4.69) is 76.9 Å². The number of benzene rings is 2. The number of nitrogens with one attached hydrogen (secondary N) is 2. The van der Waals surface area contributed by atoms with E-state index in [0.717, 1.165) is 50.0 Å². The number of nitrogens with zero attached hydrogens (tertiary/aromatic N) is 3. The van der Waals surface area contributed by atoms with Gasteiger partial charge in [-0.05, 0) is 73.7 Å². The summed E-state index contributed by atoms with van der Waals surface area (Å²) in [6.07, 6.45) is 4.81. The second-order valence-electron chi connectivity index (χ2n) is 10.5. The minimum atomic E-state index is -0.632. The van der Waals surface area contributed by atoms with Crippen molar-refractivity contribution in [3.63, 3.8) is 0 Å². The number of hydrogen-bond donors (Lipinski definition) is 2. The molecule has 36 heavy (non-hydrogen) atoms. The third kappa shape index (κ3) is 3.31. The summed E-state index contributed by atoms with van der Waals surface area (Å²) >= 11 is 6.39. The summed E-state index contributed by atoms with van der Waals surface area (Å²) in [7, 11) is 0. The minimum Gasteiger partial charge on any atom is -0.362 e. The summed E-state index contributed by atoms with van der Waals surface area (Å²) in [5.41, 5.74) is 6.85. The fourth-order valence-corrected chi connectivity index (χ4v) is 6.24. The average molecular weight is 498 g/mol. The Balaban J connectivity index is 1.58. The number of halogens is 1.